The number of nitrogens with zero attached hydrogens (tertiary/aromatic N) is 3. The Labute approximate surface area is 206 Å². The van der Waals surface area contributed by atoms with Crippen molar-refractivity contribution in [3.05, 3.63) is 58.8 Å². The predicted molar refractivity (Wildman–Crippen MR) is 137 cm³/mol. The number of rotatable bonds is 7. The number of amides is 1. The zero-order chi connectivity index (χ0) is 25.3. The highest BCUT2D eigenvalue weighted by atomic mass is 32.2. The second-order valence-corrected chi connectivity index (χ2v) is 11.7. The third-order valence-electron chi connectivity index (χ3n) is 6.69. The number of carbonyl (C=O) groups excluding carboxylic acids is 1. The Hall–Kier alpha value is -3.19. The van der Waals surface area contributed by atoms with Crippen molar-refractivity contribution in [1.29, 1.82) is 5.26 Å². The fourth-order valence-corrected chi connectivity index (χ4v) is 6.09. The van der Waals surface area contributed by atoms with Crippen molar-refractivity contribution in [2.75, 3.05) is 32.9 Å². The van der Waals surface area contributed by atoms with Crippen LogP contribution in [0.5, 0.6) is 0 Å². The highest BCUT2D eigenvalue weighted by Crippen LogP contribution is 2.37. The summed E-state index contributed by atoms with van der Waals surface area (Å²) >= 11 is 0. The van der Waals surface area contributed by atoms with Crippen molar-refractivity contribution in [2.45, 2.75) is 32.2 Å². The van der Waals surface area contributed by atoms with Gasteiger partial charge in [0.1, 0.15) is 0 Å². The lowest BCUT2D eigenvalue weighted by atomic mass is 9.88. The minimum Gasteiger partial charge on any atom is -0.366 e. The maximum Gasteiger partial charge on any atom is 0.250 e. The molecule has 0 saturated carbocycles. The van der Waals surface area contributed by atoms with Gasteiger partial charge in [0.2, 0.25) is 10.0 Å². The first kappa shape index (κ1) is 24.9. The molecule has 2 aromatic carbocycles. The largest absolute Gasteiger partial charge is 0.366 e. The first-order valence-corrected chi connectivity index (χ1v) is 13.4. The molecule has 1 amide bonds. The van der Waals surface area contributed by atoms with Crippen LogP contribution >= 0.6 is 0 Å². The van der Waals surface area contributed by atoms with Gasteiger partial charge in [-0.05, 0) is 92.4 Å². The molecule has 3 aromatic rings. The molecule has 3 N–H and O–H groups in total. The highest BCUT2D eigenvalue weighted by Gasteiger charge is 2.29. The lowest BCUT2D eigenvalue weighted by Crippen LogP contribution is -2.38. The van der Waals surface area contributed by atoms with Crippen LogP contribution in [-0.4, -0.2) is 61.5 Å². The van der Waals surface area contributed by atoms with Crippen molar-refractivity contribution in [3.8, 4) is 17.2 Å². The first-order chi connectivity index (χ1) is 16.6. The van der Waals surface area contributed by atoms with Crippen LogP contribution in [0.1, 0.15) is 52.7 Å². The number of nitrogens with one attached hydrogen (secondary N) is 1. The van der Waals surface area contributed by atoms with E-state index in [-0.39, 0.29) is 11.7 Å². The molecule has 0 radical (unpaired) electrons. The van der Waals surface area contributed by atoms with Crippen LogP contribution in [0.4, 0.5) is 0 Å². The number of piperidine rings is 1. The van der Waals surface area contributed by atoms with Crippen LogP contribution in [-0.2, 0) is 16.6 Å². The zero-order valence-corrected chi connectivity index (χ0v) is 21.2. The molecule has 0 bridgehead atoms. The van der Waals surface area contributed by atoms with Crippen molar-refractivity contribution in [1.82, 2.24) is 14.2 Å². The number of hydrogen-bond donors (Lipinski definition) is 2. The van der Waals surface area contributed by atoms with E-state index in [0.717, 1.165) is 27.6 Å². The average Bonchev–Trinajstić information content (AvgIpc) is 3.26. The third kappa shape index (κ3) is 5.10. The van der Waals surface area contributed by atoms with Gasteiger partial charge in [0.25, 0.3) is 5.91 Å². The Morgan fingerprint density at radius 2 is 1.86 bits per heavy atom. The molecule has 1 fully saturated rings. The number of nitrogens with two attached hydrogens (primary N) is 1. The number of benzene rings is 2. The van der Waals surface area contributed by atoms with Crippen molar-refractivity contribution < 1.29 is 13.2 Å². The van der Waals surface area contributed by atoms with Gasteiger partial charge in [-0.3, -0.25) is 4.79 Å². The summed E-state index contributed by atoms with van der Waals surface area (Å²) in [5.41, 5.74) is 11.1. The lowest BCUT2D eigenvalue weighted by molar-refractivity contribution is 0.100. The predicted octanol–water partition coefficient (Wildman–Crippen LogP) is 3.40. The summed E-state index contributed by atoms with van der Waals surface area (Å²) in [5, 5.41) is 10.5. The molecule has 4 rings (SSSR count). The normalized spacial score (nSPS) is 15.5. The summed E-state index contributed by atoms with van der Waals surface area (Å²) in [6.45, 7) is 3.31. The molecule has 1 saturated heterocycles. The number of fused-ring (bicyclic) bond motifs is 1. The van der Waals surface area contributed by atoms with Gasteiger partial charge in [-0.25, -0.2) is 12.7 Å². The Morgan fingerprint density at radius 3 is 2.46 bits per heavy atom. The van der Waals surface area contributed by atoms with Crippen LogP contribution < -0.4 is 5.73 Å². The molecular weight excluding hydrogens is 462 g/mol. The number of primary amides is 1. The van der Waals surface area contributed by atoms with Gasteiger partial charge in [0, 0.05) is 31.2 Å². The third-order valence-corrected chi connectivity index (χ3v) is 8.57. The summed E-state index contributed by atoms with van der Waals surface area (Å²) in [6.07, 6.45) is 3.33. The number of H-pyrrole nitrogens is 1. The second-order valence-electron chi connectivity index (χ2n) is 9.40. The van der Waals surface area contributed by atoms with E-state index in [2.05, 4.69) is 11.1 Å². The molecule has 0 spiro atoms. The average molecular weight is 494 g/mol. The molecule has 0 unspecified atom stereocenters. The maximum atomic E-state index is 12.4. The second kappa shape index (κ2) is 9.82. The molecule has 1 aromatic heterocycles. The van der Waals surface area contributed by atoms with Crippen molar-refractivity contribution in [2.24, 2.45) is 5.73 Å². The molecule has 0 aliphatic carbocycles. The minimum atomic E-state index is -3.20. The number of aromatic amines is 1. The van der Waals surface area contributed by atoms with Crippen LogP contribution in [0.3, 0.4) is 0 Å². The number of nitriles is 1. The Balaban J connectivity index is 1.78. The Morgan fingerprint density at radius 1 is 1.17 bits per heavy atom. The van der Waals surface area contributed by atoms with E-state index in [1.165, 1.54) is 0 Å². The van der Waals surface area contributed by atoms with Crippen LogP contribution in [0.2, 0.25) is 0 Å². The Bertz CT molecular complexity index is 1410. The van der Waals surface area contributed by atoms with E-state index < -0.39 is 15.9 Å². The molecule has 35 heavy (non-hydrogen) atoms. The van der Waals surface area contributed by atoms with Crippen LogP contribution in [0, 0.1) is 11.3 Å². The van der Waals surface area contributed by atoms with Gasteiger partial charge in [-0.2, -0.15) is 5.26 Å². The fraction of sp³-hybridized carbons (Fsp3) is 0.385. The molecule has 0 atom stereocenters. The molecular formula is C26H31N5O3S. The minimum absolute atomic E-state index is 0.105. The summed E-state index contributed by atoms with van der Waals surface area (Å²) in [6, 6.07) is 11.8. The van der Waals surface area contributed by atoms with E-state index in [1.807, 2.05) is 49.5 Å². The van der Waals surface area contributed by atoms with Gasteiger partial charge >= 0.3 is 0 Å². The Kier molecular flexibility index (Phi) is 6.99. The summed E-state index contributed by atoms with van der Waals surface area (Å²) < 4.78 is 26.1. The monoisotopic (exact) mass is 493 g/mol. The van der Waals surface area contributed by atoms with Crippen molar-refractivity contribution in [3.63, 3.8) is 0 Å². The summed E-state index contributed by atoms with van der Waals surface area (Å²) in [4.78, 5) is 17.6. The molecule has 8 nitrogen and oxygen atoms in total. The zero-order valence-electron chi connectivity index (χ0n) is 20.3. The van der Waals surface area contributed by atoms with E-state index in [4.69, 9.17) is 5.73 Å². The van der Waals surface area contributed by atoms with Crippen LogP contribution in [0.15, 0.2) is 36.5 Å². The smallest absolute Gasteiger partial charge is 0.250 e. The van der Waals surface area contributed by atoms with Crippen LogP contribution in [0.25, 0.3) is 22.0 Å². The molecule has 2 heterocycles. The summed E-state index contributed by atoms with van der Waals surface area (Å²) in [7, 11) is 0.741. The van der Waals surface area contributed by atoms with Gasteiger partial charge < -0.3 is 15.6 Å². The highest BCUT2D eigenvalue weighted by molar-refractivity contribution is 7.89. The van der Waals surface area contributed by atoms with Gasteiger partial charge in [0.05, 0.1) is 28.5 Å². The number of carbonyl (C=O) groups is 1. The molecule has 1 aliphatic rings. The number of sulfonamides is 1. The molecule has 9 heteroatoms. The molecule has 184 valence electrons. The fourth-order valence-electron chi connectivity index (χ4n) is 4.96. The molecule has 1 aliphatic heterocycles. The van der Waals surface area contributed by atoms with Crippen molar-refractivity contribution >= 4 is 26.8 Å². The summed E-state index contributed by atoms with van der Waals surface area (Å²) in [5.74, 6) is -0.259. The van der Waals surface area contributed by atoms with E-state index >= 15 is 0 Å². The SMILES string of the molecule is CCS(=O)(=O)N1CCC(c2c[nH]c3c(C(N)=O)cc(-c4cc(C#N)cc(CN(C)C)c4)cc23)CC1. The lowest BCUT2D eigenvalue weighted by Gasteiger charge is -2.31. The standard InChI is InChI=1S/C26H31N5O3S/c1-4-35(33,34)31-7-5-19(6-8-31)24-15-29-25-22(24)12-21(13-23(25)26(28)32)20-10-17(14-27)9-18(11-20)16-30(2)3/h9-13,15,19,29H,4-8,16H2,1-3H3,(H2,28,32). The maximum absolute atomic E-state index is 12.4. The van der Waals surface area contributed by atoms with Gasteiger partial charge in [-0.1, -0.05) is 0 Å². The van der Waals surface area contributed by atoms with E-state index in [1.54, 1.807) is 17.3 Å². The van der Waals surface area contributed by atoms with E-state index in [0.29, 0.717) is 49.1 Å². The number of hydrogen-bond acceptors (Lipinski definition) is 5. The number of aromatic nitrogens is 1. The van der Waals surface area contributed by atoms with E-state index in [9.17, 15) is 18.5 Å². The van der Waals surface area contributed by atoms with Gasteiger partial charge in [0.15, 0.2) is 0 Å². The quantitative estimate of drug-likeness (QED) is 0.522. The first-order valence-electron chi connectivity index (χ1n) is 11.7. The van der Waals surface area contributed by atoms with Gasteiger partial charge in [-0.15, -0.1) is 0 Å². The topological polar surface area (TPSA) is 123 Å².